The molecule has 2 bridgehead atoms. The number of anilines is 1. The number of likely N-dealkylation sites (tertiary alicyclic amines) is 1. The van der Waals surface area contributed by atoms with Crippen molar-refractivity contribution in [3.05, 3.63) is 40.4 Å². The molecule has 0 spiro atoms. The summed E-state index contributed by atoms with van der Waals surface area (Å²) in [6.07, 6.45) is 5.42. The lowest BCUT2D eigenvalue weighted by atomic mass is 9.63. The van der Waals surface area contributed by atoms with E-state index in [0.29, 0.717) is 17.5 Å². The highest BCUT2D eigenvalue weighted by atomic mass is 79.9. The molecule has 1 aromatic rings. The van der Waals surface area contributed by atoms with E-state index in [1.807, 2.05) is 25.1 Å². The van der Waals surface area contributed by atoms with Crippen LogP contribution in [0.5, 0.6) is 0 Å². The Kier molecular flexibility index (Phi) is 3.67. The Hall–Kier alpha value is -1.95. The van der Waals surface area contributed by atoms with Crippen molar-refractivity contribution >= 4 is 39.3 Å². The molecule has 3 amide bonds. The zero-order valence-electron chi connectivity index (χ0n) is 15.2. The van der Waals surface area contributed by atoms with Crippen LogP contribution in [0.4, 0.5) is 5.69 Å². The predicted molar refractivity (Wildman–Crippen MR) is 104 cm³/mol. The number of carbonyl (C=O) groups excluding carboxylic acids is 3. The normalized spacial score (nSPS) is 36.5. The van der Waals surface area contributed by atoms with Crippen molar-refractivity contribution < 1.29 is 14.4 Å². The maximum atomic E-state index is 13.1. The molecular weight excluding hydrogens is 408 g/mol. The number of benzene rings is 1. The van der Waals surface area contributed by atoms with Gasteiger partial charge in [-0.2, -0.15) is 0 Å². The smallest absolute Gasteiger partial charge is 0.247 e. The molecule has 1 heterocycles. The number of imide groups is 1. The first-order valence-electron chi connectivity index (χ1n) is 9.50. The number of nitrogens with one attached hydrogen (secondary N) is 1. The third-order valence-corrected chi connectivity index (χ3v) is 7.40. The molecule has 1 aromatic carbocycles. The zero-order valence-corrected chi connectivity index (χ0v) is 16.8. The van der Waals surface area contributed by atoms with Crippen molar-refractivity contribution in [2.24, 2.45) is 35.5 Å². The fraction of sp³-hybridized carbons (Fsp3) is 0.476. The minimum Gasteiger partial charge on any atom is -0.324 e. The largest absolute Gasteiger partial charge is 0.324 e. The number of hydrogen-bond acceptors (Lipinski definition) is 3. The Morgan fingerprint density at radius 2 is 1.74 bits per heavy atom. The van der Waals surface area contributed by atoms with E-state index in [0.717, 1.165) is 16.5 Å². The molecule has 1 saturated heterocycles. The second kappa shape index (κ2) is 5.77. The summed E-state index contributed by atoms with van der Waals surface area (Å²) in [5, 5.41) is 2.87. The molecule has 4 aliphatic carbocycles. The van der Waals surface area contributed by atoms with Crippen LogP contribution >= 0.6 is 15.9 Å². The molecular formula is C21H21BrN2O3. The number of allylic oxidation sites excluding steroid dienone is 2. The quantitative estimate of drug-likeness (QED) is 0.593. The van der Waals surface area contributed by atoms with Crippen molar-refractivity contribution in [3.8, 4) is 0 Å². The monoisotopic (exact) mass is 428 g/mol. The molecule has 1 N–H and O–H groups in total. The Balaban J connectivity index is 1.38. The fourth-order valence-corrected chi connectivity index (χ4v) is 5.96. The van der Waals surface area contributed by atoms with Crippen LogP contribution in [0.2, 0.25) is 0 Å². The maximum absolute atomic E-state index is 13.1. The molecule has 6 rings (SSSR count). The van der Waals surface area contributed by atoms with Gasteiger partial charge in [-0.05, 0) is 67.7 Å². The average Bonchev–Trinajstić information content (AvgIpc) is 3.41. The minimum atomic E-state index is -0.811. The van der Waals surface area contributed by atoms with Gasteiger partial charge in [0.2, 0.25) is 17.7 Å². The Morgan fingerprint density at radius 3 is 2.30 bits per heavy atom. The summed E-state index contributed by atoms with van der Waals surface area (Å²) in [7, 11) is 0. The topological polar surface area (TPSA) is 66.5 Å². The molecule has 27 heavy (non-hydrogen) atoms. The van der Waals surface area contributed by atoms with Crippen molar-refractivity contribution in [3.63, 3.8) is 0 Å². The van der Waals surface area contributed by atoms with Gasteiger partial charge in [-0.15, -0.1) is 0 Å². The van der Waals surface area contributed by atoms with Crippen LogP contribution in [0.25, 0.3) is 0 Å². The van der Waals surface area contributed by atoms with Gasteiger partial charge in [0.05, 0.1) is 11.8 Å². The Labute approximate surface area is 166 Å². The van der Waals surface area contributed by atoms with E-state index in [2.05, 4.69) is 33.4 Å². The van der Waals surface area contributed by atoms with Gasteiger partial charge in [-0.25, -0.2) is 0 Å². The maximum Gasteiger partial charge on any atom is 0.247 e. The summed E-state index contributed by atoms with van der Waals surface area (Å²) in [6, 6.07) is 4.77. The highest BCUT2D eigenvalue weighted by molar-refractivity contribution is 9.10. The van der Waals surface area contributed by atoms with Crippen LogP contribution in [0.3, 0.4) is 0 Å². The number of rotatable bonds is 3. The lowest BCUT2D eigenvalue weighted by Crippen LogP contribution is -2.46. The molecule has 3 fully saturated rings. The fourth-order valence-electron chi connectivity index (χ4n) is 5.48. The summed E-state index contributed by atoms with van der Waals surface area (Å²) < 4.78 is 0.932. The molecule has 0 aromatic heterocycles. The van der Waals surface area contributed by atoms with Gasteiger partial charge in [0, 0.05) is 10.2 Å². The second-order valence-corrected chi connectivity index (χ2v) is 9.24. The van der Waals surface area contributed by atoms with Gasteiger partial charge in [0.15, 0.2) is 0 Å². The summed E-state index contributed by atoms with van der Waals surface area (Å²) >= 11 is 3.41. The van der Waals surface area contributed by atoms with Gasteiger partial charge in [-0.1, -0.05) is 28.1 Å². The average molecular weight is 429 g/mol. The number of aryl methyl sites for hydroxylation is 1. The van der Waals surface area contributed by atoms with E-state index in [-0.39, 0.29) is 41.4 Å². The molecule has 7 atom stereocenters. The van der Waals surface area contributed by atoms with Crippen LogP contribution in [-0.4, -0.2) is 28.7 Å². The predicted octanol–water partition coefficient (Wildman–Crippen LogP) is 3.14. The number of hydrogen-bond donors (Lipinski definition) is 1. The Morgan fingerprint density at radius 1 is 1.15 bits per heavy atom. The number of nitrogens with zero attached hydrogens (tertiary/aromatic N) is 1. The zero-order chi connectivity index (χ0) is 19.0. The van der Waals surface area contributed by atoms with Gasteiger partial charge < -0.3 is 5.32 Å². The molecule has 0 radical (unpaired) electrons. The van der Waals surface area contributed by atoms with E-state index in [1.165, 1.54) is 4.90 Å². The first-order valence-corrected chi connectivity index (χ1v) is 10.3. The minimum absolute atomic E-state index is 0.162. The van der Waals surface area contributed by atoms with Crippen molar-refractivity contribution in [1.29, 1.82) is 0 Å². The van der Waals surface area contributed by atoms with Crippen LogP contribution in [0.1, 0.15) is 18.9 Å². The van der Waals surface area contributed by atoms with Crippen molar-refractivity contribution in [1.82, 2.24) is 4.90 Å². The van der Waals surface area contributed by atoms with Crippen LogP contribution in [0.15, 0.2) is 34.8 Å². The third-order valence-electron chi connectivity index (χ3n) is 6.91. The molecule has 140 valence electrons. The van der Waals surface area contributed by atoms with E-state index >= 15 is 0 Å². The van der Waals surface area contributed by atoms with E-state index in [4.69, 9.17) is 0 Å². The third kappa shape index (κ3) is 2.38. The molecule has 5 aliphatic rings. The summed E-state index contributed by atoms with van der Waals surface area (Å²) in [4.78, 5) is 40.2. The van der Waals surface area contributed by atoms with Gasteiger partial charge in [-0.3, -0.25) is 19.3 Å². The standard InChI is InChI=1S/C21H21BrN2O3/c1-9-7-11(22)3-6-16(9)23-19(25)10(2)24-20(26)17-12-4-5-13(15-8-14(12)15)18(17)21(24)27/h3-7,10,12-15,17-18H,8H2,1-2H3,(H,23,25)/t10-,12-,13-,14-,15-,17-,18+/m0/s1. The lowest BCUT2D eigenvalue weighted by molar-refractivity contribution is -0.146. The molecule has 5 nitrogen and oxygen atoms in total. The number of carbonyl (C=O) groups is 3. The first-order chi connectivity index (χ1) is 12.9. The lowest BCUT2D eigenvalue weighted by Gasteiger charge is -2.37. The summed E-state index contributed by atoms with van der Waals surface area (Å²) in [5.74, 6) is 0.300. The van der Waals surface area contributed by atoms with E-state index in [1.54, 1.807) is 6.92 Å². The summed E-state index contributed by atoms with van der Waals surface area (Å²) in [6.45, 7) is 3.55. The number of halogens is 1. The van der Waals surface area contributed by atoms with Gasteiger partial charge in [0.1, 0.15) is 6.04 Å². The molecule has 1 aliphatic heterocycles. The first kappa shape index (κ1) is 17.2. The van der Waals surface area contributed by atoms with Crippen LogP contribution < -0.4 is 5.32 Å². The van der Waals surface area contributed by atoms with Crippen LogP contribution in [-0.2, 0) is 14.4 Å². The highest BCUT2D eigenvalue weighted by Crippen LogP contribution is 2.65. The van der Waals surface area contributed by atoms with Crippen LogP contribution in [0, 0.1) is 42.4 Å². The van der Waals surface area contributed by atoms with Crippen molar-refractivity contribution in [2.45, 2.75) is 26.3 Å². The van der Waals surface area contributed by atoms with E-state index < -0.39 is 6.04 Å². The van der Waals surface area contributed by atoms with Gasteiger partial charge in [0.25, 0.3) is 0 Å². The van der Waals surface area contributed by atoms with Gasteiger partial charge >= 0.3 is 0 Å². The summed E-state index contributed by atoms with van der Waals surface area (Å²) in [5.41, 5.74) is 1.61. The highest BCUT2D eigenvalue weighted by Gasteiger charge is 2.67. The number of amides is 3. The molecule has 6 heteroatoms. The van der Waals surface area contributed by atoms with E-state index in [9.17, 15) is 14.4 Å². The SMILES string of the molecule is Cc1cc(Br)ccc1NC(=O)[C@H](C)N1C(=O)[C@@H]2[C@H]3C=C[C@@H]([C@@H]4C[C@@H]34)[C@@H]2C1=O. The second-order valence-electron chi connectivity index (χ2n) is 8.33. The molecule has 2 saturated carbocycles. The Bertz CT molecular complexity index is 875. The van der Waals surface area contributed by atoms with Crippen molar-refractivity contribution in [2.75, 3.05) is 5.32 Å². The molecule has 0 unspecified atom stereocenters.